The van der Waals surface area contributed by atoms with Crippen LogP contribution in [0.5, 0.6) is 0 Å². The second-order valence-corrected chi connectivity index (χ2v) is 11.9. The summed E-state index contributed by atoms with van der Waals surface area (Å²) in [6.45, 7) is 4.43. The van der Waals surface area contributed by atoms with Gasteiger partial charge in [0.1, 0.15) is 16.9 Å². The van der Waals surface area contributed by atoms with Crippen LogP contribution in [0.3, 0.4) is 0 Å². The van der Waals surface area contributed by atoms with E-state index in [0.717, 1.165) is 22.7 Å². The largest absolute Gasteiger partial charge is 0.364 e. The average Bonchev–Trinajstić information content (AvgIpc) is 3.31. The van der Waals surface area contributed by atoms with E-state index in [-0.39, 0.29) is 12.6 Å². The van der Waals surface area contributed by atoms with Crippen molar-refractivity contribution >= 4 is 48.6 Å². The first kappa shape index (κ1) is 24.8. The Hall–Kier alpha value is -1.31. The van der Waals surface area contributed by atoms with Gasteiger partial charge in [0.15, 0.2) is 12.1 Å². The first-order valence-corrected chi connectivity index (χ1v) is 14.3. The van der Waals surface area contributed by atoms with E-state index in [4.69, 9.17) is 14.7 Å². The predicted octanol–water partition coefficient (Wildman–Crippen LogP) is 2.81. The first-order valence-electron chi connectivity index (χ1n) is 10.6. The molecule has 1 aromatic rings. The second kappa shape index (κ2) is 9.74. The molecule has 33 heavy (non-hydrogen) atoms. The molecule has 0 aromatic heterocycles. The first-order chi connectivity index (χ1) is 15.6. The molecule has 180 valence electrons. The molecule has 4 rings (SSSR count). The lowest BCUT2D eigenvalue weighted by molar-refractivity contribution is -0.0719. The second-order valence-electron chi connectivity index (χ2n) is 8.23. The van der Waals surface area contributed by atoms with Gasteiger partial charge < -0.3 is 14.7 Å². The number of halogens is 2. The normalized spacial score (nSPS) is 26.4. The Morgan fingerprint density at radius 2 is 2.18 bits per heavy atom. The standard InChI is InChI=1S/C21H26BrFN4O4S2/c1-4-31-21(28)17-16-8-13(26-33(3,29)30)9-27(16)19(20-24-11(2)10-32-20)25-18(17)14-6-5-12(23)7-15(14)22/h5-7,11,13,18,21,26,28H,4,8-10H2,1-3H3/t11?,13?,18-,21?/m0/s1. The Kier molecular flexibility index (Phi) is 7.32. The summed E-state index contributed by atoms with van der Waals surface area (Å²) in [7, 11) is -3.44. The average molecular weight is 561 g/mol. The monoisotopic (exact) mass is 560 g/mol. The number of fused-ring (bicyclic) bond motifs is 1. The molecule has 12 heteroatoms. The van der Waals surface area contributed by atoms with E-state index in [2.05, 4.69) is 20.7 Å². The molecule has 2 N–H and O–H groups in total. The van der Waals surface area contributed by atoms with E-state index in [1.807, 2.05) is 11.8 Å². The lowest BCUT2D eigenvalue weighted by Gasteiger charge is -2.35. The van der Waals surface area contributed by atoms with Crippen LogP contribution in [0.1, 0.15) is 31.9 Å². The molecule has 0 saturated carbocycles. The summed E-state index contributed by atoms with van der Waals surface area (Å²) >= 11 is 5.04. The van der Waals surface area contributed by atoms with E-state index in [0.29, 0.717) is 34.4 Å². The number of hydrogen-bond donors (Lipinski definition) is 2. The van der Waals surface area contributed by atoms with Gasteiger partial charge in [-0.2, -0.15) is 0 Å². The fraction of sp³-hybridized carbons (Fsp3) is 0.524. The van der Waals surface area contributed by atoms with Crippen molar-refractivity contribution in [2.75, 3.05) is 25.2 Å². The Labute approximate surface area is 205 Å². The summed E-state index contributed by atoms with van der Waals surface area (Å²) in [6.07, 6.45) is 0.225. The lowest BCUT2D eigenvalue weighted by atomic mass is 9.94. The molecule has 4 atom stereocenters. The maximum atomic E-state index is 13.8. The predicted molar refractivity (Wildman–Crippen MR) is 131 cm³/mol. The highest BCUT2D eigenvalue weighted by Gasteiger charge is 2.43. The zero-order chi connectivity index (χ0) is 23.9. The van der Waals surface area contributed by atoms with E-state index in [9.17, 15) is 17.9 Å². The minimum Gasteiger partial charge on any atom is -0.364 e. The van der Waals surface area contributed by atoms with Gasteiger partial charge in [0.05, 0.1) is 12.3 Å². The number of sulfonamides is 1. The summed E-state index contributed by atoms with van der Waals surface area (Å²) in [6, 6.07) is 3.43. The number of rotatable bonds is 7. The number of amidine groups is 1. The van der Waals surface area contributed by atoms with Crippen LogP contribution in [0, 0.1) is 5.82 Å². The molecular formula is C21H26BrFN4O4S2. The maximum Gasteiger partial charge on any atom is 0.209 e. The van der Waals surface area contributed by atoms with Gasteiger partial charge in [0, 0.05) is 47.1 Å². The van der Waals surface area contributed by atoms with Crippen LogP contribution in [0.15, 0.2) is 43.9 Å². The molecule has 0 bridgehead atoms. The van der Waals surface area contributed by atoms with Gasteiger partial charge in [0.25, 0.3) is 0 Å². The zero-order valence-electron chi connectivity index (χ0n) is 18.5. The van der Waals surface area contributed by atoms with Gasteiger partial charge >= 0.3 is 0 Å². The summed E-state index contributed by atoms with van der Waals surface area (Å²) in [5.41, 5.74) is 1.93. The number of aliphatic hydroxyl groups excluding tert-OH is 1. The molecule has 0 amide bonds. The highest BCUT2D eigenvalue weighted by molar-refractivity contribution is 9.10. The molecule has 0 aliphatic carbocycles. The number of nitrogens with one attached hydrogen (secondary N) is 1. The maximum absolute atomic E-state index is 13.8. The van der Waals surface area contributed by atoms with Crippen molar-refractivity contribution in [2.45, 2.75) is 44.7 Å². The third kappa shape index (κ3) is 5.35. The van der Waals surface area contributed by atoms with Crippen molar-refractivity contribution in [2.24, 2.45) is 9.98 Å². The van der Waals surface area contributed by atoms with Crippen LogP contribution < -0.4 is 4.72 Å². The minimum absolute atomic E-state index is 0.138. The molecular weight excluding hydrogens is 535 g/mol. The van der Waals surface area contributed by atoms with Gasteiger partial charge in [-0.05, 0) is 31.5 Å². The molecule has 1 saturated heterocycles. The van der Waals surface area contributed by atoms with Gasteiger partial charge in [-0.15, -0.1) is 11.8 Å². The van der Waals surface area contributed by atoms with Crippen LogP contribution in [0.4, 0.5) is 4.39 Å². The van der Waals surface area contributed by atoms with Crippen LogP contribution in [-0.4, -0.2) is 72.8 Å². The third-order valence-electron chi connectivity index (χ3n) is 5.52. The molecule has 3 aliphatic heterocycles. The van der Waals surface area contributed by atoms with Crippen molar-refractivity contribution in [1.29, 1.82) is 0 Å². The summed E-state index contributed by atoms with van der Waals surface area (Å²) < 4.78 is 46.4. The molecule has 1 aromatic carbocycles. The molecule has 0 radical (unpaired) electrons. The van der Waals surface area contributed by atoms with Crippen LogP contribution >= 0.6 is 27.7 Å². The highest BCUT2D eigenvalue weighted by Crippen LogP contribution is 2.43. The van der Waals surface area contributed by atoms with Gasteiger partial charge in [-0.25, -0.2) is 17.5 Å². The van der Waals surface area contributed by atoms with Crippen molar-refractivity contribution in [3.63, 3.8) is 0 Å². The third-order valence-corrected chi connectivity index (χ3v) is 8.18. The topological polar surface area (TPSA) is 104 Å². The summed E-state index contributed by atoms with van der Waals surface area (Å²) in [5, 5.41) is 11.7. The summed E-state index contributed by atoms with van der Waals surface area (Å²) in [5.74, 6) is 1.06. The van der Waals surface area contributed by atoms with Crippen LogP contribution in [-0.2, 0) is 14.8 Å². The number of benzene rings is 1. The number of aliphatic hydroxyl groups is 1. The van der Waals surface area contributed by atoms with Crippen molar-refractivity contribution in [1.82, 2.24) is 9.62 Å². The number of nitrogens with zero attached hydrogens (tertiary/aromatic N) is 3. The fourth-order valence-electron chi connectivity index (χ4n) is 4.28. The van der Waals surface area contributed by atoms with Gasteiger partial charge in [-0.3, -0.25) is 9.98 Å². The molecule has 3 unspecified atom stereocenters. The van der Waals surface area contributed by atoms with Crippen LogP contribution in [0.25, 0.3) is 0 Å². The van der Waals surface area contributed by atoms with E-state index in [1.165, 1.54) is 12.1 Å². The van der Waals surface area contributed by atoms with Crippen molar-refractivity contribution < 1.29 is 22.7 Å². The Morgan fingerprint density at radius 1 is 1.42 bits per heavy atom. The van der Waals surface area contributed by atoms with Gasteiger partial charge in [0.2, 0.25) is 10.0 Å². The zero-order valence-corrected chi connectivity index (χ0v) is 21.7. The Balaban J connectivity index is 1.87. The van der Waals surface area contributed by atoms with E-state index >= 15 is 0 Å². The summed E-state index contributed by atoms with van der Waals surface area (Å²) in [4.78, 5) is 11.6. The molecule has 8 nitrogen and oxygen atoms in total. The van der Waals surface area contributed by atoms with E-state index < -0.39 is 34.2 Å². The minimum atomic E-state index is -3.44. The Bertz CT molecular complexity index is 1140. The van der Waals surface area contributed by atoms with Gasteiger partial charge in [-0.1, -0.05) is 22.0 Å². The molecule has 1 fully saturated rings. The molecule has 3 aliphatic rings. The van der Waals surface area contributed by atoms with Crippen molar-refractivity contribution in [3.8, 4) is 0 Å². The Morgan fingerprint density at radius 3 is 2.79 bits per heavy atom. The quantitative estimate of drug-likeness (QED) is 0.497. The number of ether oxygens (including phenoxy) is 1. The molecule has 3 heterocycles. The lowest BCUT2D eigenvalue weighted by Crippen LogP contribution is -2.41. The fourth-order valence-corrected chi connectivity index (χ4v) is 6.63. The highest BCUT2D eigenvalue weighted by atomic mass is 79.9. The SMILES string of the molecule is CCOC(O)C1=C2CC(NS(C)(=O)=O)CN2C(C2=NC(C)CS2)=N[C@H]1c1ccc(F)cc1Br. The number of aliphatic imine (C=N–C) groups is 2. The smallest absolute Gasteiger partial charge is 0.209 e. The number of hydrogen-bond acceptors (Lipinski definition) is 8. The van der Waals surface area contributed by atoms with Crippen LogP contribution in [0.2, 0.25) is 0 Å². The molecule has 0 spiro atoms. The van der Waals surface area contributed by atoms with Crippen molar-refractivity contribution in [3.05, 3.63) is 45.3 Å². The number of thioether (sulfide) groups is 1. The van der Waals surface area contributed by atoms with E-state index in [1.54, 1.807) is 24.8 Å².